The van der Waals surface area contributed by atoms with Crippen LogP contribution in [0, 0.1) is 0 Å². The van der Waals surface area contributed by atoms with Crippen molar-refractivity contribution in [1.82, 2.24) is 13.7 Å². The van der Waals surface area contributed by atoms with Gasteiger partial charge in [0.2, 0.25) is 0 Å². The zero-order chi connectivity index (χ0) is 30.8. The van der Waals surface area contributed by atoms with E-state index in [1.807, 2.05) is 43.6 Å². The van der Waals surface area contributed by atoms with E-state index in [1.165, 1.54) is 10.4 Å². The van der Waals surface area contributed by atoms with Gasteiger partial charge in [-0.25, -0.2) is 4.79 Å². The third-order valence-electron chi connectivity index (χ3n) is 9.54. The summed E-state index contributed by atoms with van der Waals surface area (Å²) in [6, 6.07) is 29.8. The Morgan fingerprint density at radius 3 is 2.14 bits per heavy atom. The van der Waals surface area contributed by atoms with Crippen LogP contribution in [-0.4, -0.2) is 52.8 Å². The molecule has 5 aromatic rings. The molecule has 226 valence electrons. The summed E-state index contributed by atoms with van der Waals surface area (Å²) in [6.07, 6.45) is 2.79. The van der Waals surface area contributed by atoms with Crippen molar-refractivity contribution in [3.8, 4) is 5.75 Å². The molecule has 4 heterocycles. The lowest BCUT2D eigenvalue weighted by molar-refractivity contribution is 0.0526. The molecule has 1 N–H and O–H groups in total. The number of aliphatic hydroxyl groups is 1. The number of methoxy groups -OCH3 is 1. The Hall–Kier alpha value is -4.11. The van der Waals surface area contributed by atoms with E-state index < -0.39 is 14.5 Å². The minimum atomic E-state index is -2.60. The lowest BCUT2D eigenvalue weighted by Crippen LogP contribution is -2.70. The second kappa shape index (κ2) is 10.5. The fourth-order valence-corrected chi connectivity index (χ4v) is 14.0. The largest absolute Gasteiger partial charge is 0.496 e. The van der Waals surface area contributed by atoms with Gasteiger partial charge in [0.05, 0.1) is 41.9 Å². The van der Waals surface area contributed by atoms with Gasteiger partial charge in [-0.15, -0.1) is 0 Å². The van der Waals surface area contributed by atoms with Gasteiger partial charge in [0.25, 0.3) is 0 Å². The van der Waals surface area contributed by atoms with Crippen LogP contribution in [-0.2, 0) is 11.3 Å². The van der Waals surface area contributed by atoms with Gasteiger partial charge in [0, 0.05) is 30.5 Å². The zero-order valence-electron chi connectivity index (χ0n) is 25.9. The van der Waals surface area contributed by atoms with E-state index in [1.54, 1.807) is 11.7 Å². The summed E-state index contributed by atoms with van der Waals surface area (Å²) in [5.74, 6) is 0.223. The molecule has 4 atom stereocenters. The SMILES string of the molecule is CCOC(=O)c1c2n(c3cc(C(O)n4cccc4)cc(OC)c13)C[C@H]1[C@@H]2N1[Si](c1ccccc1)(c1ccccc1)C(C)(C)C. The lowest BCUT2D eigenvalue weighted by Gasteiger charge is -2.46. The van der Waals surface area contributed by atoms with E-state index in [9.17, 15) is 9.90 Å². The molecule has 0 spiro atoms. The molecule has 0 bridgehead atoms. The fraction of sp³-hybridized carbons (Fsp3) is 0.306. The van der Waals surface area contributed by atoms with Gasteiger partial charge >= 0.3 is 5.97 Å². The molecule has 44 heavy (non-hydrogen) atoms. The smallest absolute Gasteiger partial charge is 0.340 e. The van der Waals surface area contributed by atoms with Gasteiger partial charge in [-0.05, 0) is 46.6 Å². The summed E-state index contributed by atoms with van der Waals surface area (Å²) in [5, 5.41) is 14.7. The second-order valence-corrected chi connectivity index (χ2v) is 17.4. The lowest BCUT2D eigenvalue weighted by atomic mass is 10.0. The number of fused-ring (bicyclic) bond motifs is 5. The molecule has 7 nitrogen and oxygen atoms in total. The van der Waals surface area contributed by atoms with Crippen molar-refractivity contribution in [2.24, 2.45) is 0 Å². The number of carbonyl (C=O) groups is 1. The minimum absolute atomic E-state index is 0.0515. The van der Waals surface area contributed by atoms with Crippen molar-refractivity contribution in [1.29, 1.82) is 0 Å². The molecule has 0 radical (unpaired) electrons. The summed E-state index contributed by atoms with van der Waals surface area (Å²) in [7, 11) is -0.981. The van der Waals surface area contributed by atoms with Crippen molar-refractivity contribution < 1.29 is 19.4 Å². The highest BCUT2D eigenvalue weighted by Crippen LogP contribution is 2.60. The number of hydrogen-bond acceptors (Lipinski definition) is 5. The maximum atomic E-state index is 13.9. The van der Waals surface area contributed by atoms with Crippen molar-refractivity contribution in [2.45, 2.75) is 57.6 Å². The highest BCUT2D eigenvalue weighted by atomic mass is 28.3. The fourth-order valence-electron chi connectivity index (χ4n) is 7.89. The van der Waals surface area contributed by atoms with E-state index in [0.717, 1.165) is 23.1 Å². The Bertz CT molecular complexity index is 1790. The van der Waals surface area contributed by atoms with E-state index in [2.05, 4.69) is 90.6 Å². The second-order valence-electron chi connectivity index (χ2n) is 12.8. The molecule has 0 saturated carbocycles. The molecule has 2 aliphatic rings. The molecule has 2 aliphatic heterocycles. The summed E-state index contributed by atoms with van der Waals surface area (Å²) in [5.41, 5.74) is 3.15. The van der Waals surface area contributed by atoms with Crippen molar-refractivity contribution in [3.05, 3.63) is 114 Å². The van der Waals surface area contributed by atoms with Crippen molar-refractivity contribution in [2.75, 3.05) is 13.7 Å². The number of hydrogen-bond donors (Lipinski definition) is 1. The molecule has 1 fully saturated rings. The minimum Gasteiger partial charge on any atom is -0.496 e. The molecule has 3 aromatic carbocycles. The van der Waals surface area contributed by atoms with Gasteiger partial charge in [-0.1, -0.05) is 81.4 Å². The van der Waals surface area contributed by atoms with Crippen LogP contribution in [0.4, 0.5) is 0 Å². The van der Waals surface area contributed by atoms with Crippen LogP contribution in [0.2, 0.25) is 5.04 Å². The van der Waals surface area contributed by atoms with Crippen molar-refractivity contribution in [3.63, 3.8) is 0 Å². The van der Waals surface area contributed by atoms with E-state index >= 15 is 0 Å². The molecule has 8 heteroatoms. The van der Waals surface area contributed by atoms with Gasteiger partial charge in [0.1, 0.15) is 5.75 Å². The third-order valence-corrected chi connectivity index (χ3v) is 15.4. The first-order valence-corrected chi connectivity index (χ1v) is 17.3. The molecule has 0 aliphatic carbocycles. The number of benzene rings is 3. The van der Waals surface area contributed by atoms with E-state index in [0.29, 0.717) is 16.9 Å². The average molecular weight is 606 g/mol. The summed E-state index contributed by atoms with van der Waals surface area (Å²) < 4.78 is 18.4. The van der Waals surface area contributed by atoms with Gasteiger partial charge in [-0.2, -0.15) is 0 Å². The predicted molar refractivity (Wildman–Crippen MR) is 175 cm³/mol. The number of esters is 1. The standard InChI is InChI=1S/C36H39N3O4Si/c1-6-43-35(41)31-30-27(21-24(22-29(30)42-5)34(40)37-19-13-14-20-37)38-23-28-32(33(31)38)39(28)44(36(2,3)4,25-15-9-7-10-16-25)26-17-11-8-12-18-26/h7-22,28,32,34,40H,6,23H2,1-5H3/t28-,32-,34?,39?/m0/s1. The van der Waals surface area contributed by atoms with Gasteiger partial charge in [0.15, 0.2) is 14.5 Å². The maximum Gasteiger partial charge on any atom is 0.340 e. The van der Waals surface area contributed by atoms with Crippen LogP contribution in [0.3, 0.4) is 0 Å². The number of rotatable bonds is 8. The van der Waals surface area contributed by atoms with Crippen LogP contribution in [0.25, 0.3) is 10.9 Å². The number of ether oxygens (including phenoxy) is 2. The number of nitrogens with zero attached hydrogens (tertiary/aromatic N) is 3. The molecular weight excluding hydrogens is 566 g/mol. The Kier molecular flexibility index (Phi) is 6.84. The number of carbonyl (C=O) groups excluding carboxylic acids is 1. The Morgan fingerprint density at radius 1 is 0.977 bits per heavy atom. The topological polar surface area (TPSA) is 68.6 Å². The Balaban J connectivity index is 1.46. The maximum absolute atomic E-state index is 13.9. The first-order chi connectivity index (χ1) is 21.2. The summed E-state index contributed by atoms with van der Waals surface area (Å²) in [4.78, 5) is 13.9. The van der Waals surface area contributed by atoms with Crippen LogP contribution in [0.5, 0.6) is 5.75 Å². The Morgan fingerprint density at radius 2 is 1.59 bits per heavy atom. The van der Waals surface area contributed by atoms with Crippen molar-refractivity contribution >= 4 is 35.5 Å². The van der Waals surface area contributed by atoms with Crippen LogP contribution < -0.4 is 15.1 Å². The summed E-state index contributed by atoms with van der Waals surface area (Å²) in [6.45, 7) is 9.97. The molecule has 1 saturated heterocycles. The first-order valence-electron chi connectivity index (χ1n) is 15.3. The van der Waals surface area contributed by atoms with Crippen LogP contribution >= 0.6 is 0 Å². The average Bonchev–Trinajstić information content (AvgIpc) is 3.39. The quantitative estimate of drug-likeness (QED) is 0.144. The number of aromatic nitrogens is 2. The highest BCUT2D eigenvalue weighted by molar-refractivity contribution is 7.02. The third kappa shape index (κ3) is 4.05. The summed E-state index contributed by atoms with van der Waals surface area (Å²) >= 11 is 0. The van der Waals surface area contributed by atoms with Crippen LogP contribution in [0.15, 0.2) is 97.3 Å². The zero-order valence-corrected chi connectivity index (χ0v) is 26.9. The van der Waals surface area contributed by atoms with Gasteiger partial charge in [-0.3, -0.25) is 0 Å². The van der Waals surface area contributed by atoms with E-state index in [4.69, 9.17) is 9.47 Å². The highest BCUT2D eigenvalue weighted by Gasteiger charge is 2.69. The normalized spacial score (nSPS) is 19.8. The first kappa shape index (κ1) is 28.6. The Labute approximate surface area is 259 Å². The molecule has 7 rings (SSSR count). The molecule has 2 unspecified atom stereocenters. The van der Waals surface area contributed by atoms with Gasteiger partial charge < -0.3 is 28.3 Å². The number of aliphatic hydroxyl groups excluding tert-OH is 1. The molecule has 2 aromatic heterocycles. The molecule has 0 amide bonds. The van der Waals surface area contributed by atoms with Crippen LogP contribution in [0.1, 0.15) is 61.6 Å². The van der Waals surface area contributed by atoms with E-state index in [-0.39, 0.29) is 29.7 Å². The predicted octanol–water partition coefficient (Wildman–Crippen LogP) is 5.47. The monoisotopic (exact) mass is 605 g/mol. The molecular formula is C36H39N3O4Si.